The summed E-state index contributed by atoms with van der Waals surface area (Å²) < 4.78 is 4.57. The van der Waals surface area contributed by atoms with Gasteiger partial charge in [0.1, 0.15) is 6.04 Å². The van der Waals surface area contributed by atoms with Crippen LogP contribution in [-0.2, 0) is 19.1 Å². The van der Waals surface area contributed by atoms with E-state index in [0.717, 1.165) is 36.1 Å². The molecule has 0 aliphatic carbocycles. The molecular weight excluding hydrogens is 524 g/mol. The molecule has 4 rings (SSSR count). The number of hydrogen-bond acceptors (Lipinski definition) is 6. The van der Waals surface area contributed by atoms with E-state index in [2.05, 4.69) is 20.1 Å². The number of para-hydroxylation sites is 1. The fraction of sp³-hybridized carbons (Fsp3) is 0.594. The van der Waals surface area contributed by atoms with Crippen molar-refractivity contribution in [1.82, 2.24) is 4.90 Å². The maximum absolute atomic E-state index is 14.7. The average molecular weight is 569 g/mol. The Bertz CT molecular complexity index is 1130. The van der Waals surface area contributed by atoms with Gasteiger partial charge in [0.15, 0.2) is 0 Å². The maximum Gasteiger partial charge on any atom is 0.311 e. The van der Waals surface area contributed by atoms with Crippen LogP contribution >= 0.6 is 11.8 Å². The number of esters is 1. The number of likely N-dealkylation sites (tertiary alicyclic amines) is 1. The fourth-order valence-electron chi connectivity index (χ4n) is 7.16. The van der Waals surface area contributed by atoms with Crippen LogP contribution in [0.2, 0.25) is 0 Å². The van der Waals surface area contributed by atoms with Crippen molar-refractivity contribution in [2.45, 2.75) is 81.3 Å². The van der Waals surface area contributed by atoms with E-state index in [1.807, 2.05) is 32.0 Å². The van der Waals surface area contributed by atoms with Gasteiger partial charge in [-0.2, -0.15) is 0 Å². The van der Waals surface area contributed by atoms with Crippen molar-refractivity contribution in [1.29, 1.82) is 0 Å². The number of aliphatic hydroxyl groups is 1. The molecule has 2 unspecified atom stereocenters. The number of benzene rings is 1. The zero-order valence-electron chi connectivity index (χ0n) is 24.2. The Labute approximate surface area is 243 Å². The molecule has 218 valence electrons. The smallest absolute Gasteiger partial charge is 0.311 e. The second kappa shape index (κ2) is 12.5. The molecule has 0 saturated carbocycles. The van der Waals surface area contributed by atoms with Crippen LogP contribution in [0.4, 0.5) is 5.69 Å². The first-order chi connectivity index (χ1) is 19.2. The minimum absolute atomic E-state index is 0.0938. The number of aryl methyl sites for hydroxylation is 2. The number of thioether (sulfide) groups is 1. The number of carbonyl (C=O) groups excluding carboxylic acids is 3. The number of carbonyl (C=O) groups is 3. The van der Waals surface area contributed by atoms with Gasteiger partial charge in [-0.1, -0.05) is 30.4 Å². The first-order valence-electron chi connectivity index (χ1n) is 14.5. The summed E-state index contributed by atoms with van der Waals surface area (Å²) in [7, 11) is 0. The molecule has 3 aliphatic heterocycles. The monoisotopic (exact) mass is 568 g/mol. The van der Waals surface area contributed by atoms with Gasteiger partial charge in [-0.3, -0.25) is 14.4 Å². The van der Waals surface area contributed by atoms with E-state index < -0.39 is 27.4 Å². The van der Waals surface area contributed by atoms with Crippen LogP contribution in [0.3, 0.4) is 0 Å². The summed E-state index contributed by atoms with van der Waals surface area (Å²) in [6, 6.07) is 5.28. The fourth-order valence-corrected chi connectivity index (χ4v) is 9.50. The third kappa shape index (κ3) is 5.25. The van der Waals surface area contributed by atoms with Gasteiger partial charge in [0.2, 0.25) is 5.91 Å². The highest BCUT2D eigenvalue weighted by Gasteiger charge is 2.77. The van der Waals surface area contributed by atoms with Gasteiger partial charge in [0.05, 0.1) is 23.2 Å². The number of ether oxygens (including phenoxy) is 1. The van der Waals surface area contributed by atoms with Crippen LogP contribution in [0.5, 0.6) is 0 Å². The Balaban J connectivity index is 1.74. The zero-order chi connectivity index (χ0) is 29.1. The molecule has 3 fully saturated rings. The SMILES string of the molecule is C=CCCCOC(=O)[C@H]1[C@H]2C(=O)N(CCCCCO)C(C(=O)N(CC=C)c3c(C)cccc3C)C23CC[C@]1(C)S3. The summed E-state index contributed by atoms with van der Waals surface area (Å²) in [4.78, 5) is 46.1. The van der Waals surface area contributed by atoms with Crippen molar-refractivity contribution in [2.75, 3.05) is 31.2 Å². The lowest BCUT2D eigenvalue weighted by atomic mass is 9.66. The first-order valence-corrected chi connectivity index (χ1v) is 15.4. The molecular formula is C32H44N2O5S. The standard InChI is InChI=1S/C32H44N2O5S/c1-6-8-12-21-39-30(38)25-24-28(36)34(19-10-9-11-20-35)27(32(24)17-16-31(25,5)40-32)29(37)33(18-7-2)26-22(3)14-13-15-23(26)4/h6-7,13-15,24-25,27,35H,1-2,8-12,16-21H2,3-5H3/t24-,25+,27?,31-,32?/m0/s1. The van der Waals surface area contributed by atoms with Crippen LogP contribution in [0, 0.1) is 25.7 Å². The van der Waals surface area contributed by atoms with Gasteiger partial charge in [-0.25, -0.2) is 0 Å². The topological polar surface area (TPSA) is 87.1 Å². The lowest BCUT2D eigenvalue weighted by Gasteiger charge is -2.38. The molecule has 3 heterocycles. The highest BCUT2D eigenvalue weighted by Crippen LogP contribution is 2.71. The van der Waals surface area contributed by atoms with Crippen molar-refractivity contribution >= 4 is 35.2 Å². The van der Waals surface area contributed by atoms with Crippen LogP contribution in [0.1, 0.15) is 63.0 Å². The van der Waals surface area contributed by atoms with E-state index in [4.69, 9.17) is 4.74 Å². The predicted octanol–water partition coefficient (Wildman–Crippen LogP) is 4.98. The quantitative estimate of drug-likeness (QED) is 0.194. The third-order valence-electron chi connectivity index (χ3n) is 8.91. The Kier molecular flexibility index (Phi) is 9.51. The average Bonchev–Trinajstić information content (AvgIpc) is 3.48. The highest BCUT2D eigenvalue weighted by molar-refractivity contribution is 8.02. The molecule has 3 aliphatic rings. The van der Waals surface area contributed by atoms with E-state index >= 15 is 0 Å². The number of hydrogen-bond donors (Lipinski definition) is 1. The summed E-state index contributed by atoms with van der Waals surface area (Å²) in [6.45, 7) is 14.8. The van der Waals surface area contributed by atoms with Gasteiger partial charge >= 0.3 is 5.97 Å². The number of aliphatic hydroxyl groups excluding tert-OH is 1. The predicted molar refractivity (Wildman–Crippen MR) is 160 cm³/mol. The second-order valence-electron chi connectivity index (χ2n) is 11.6. The van der Waals surface area contributed by atoms with Crippen molar-refractivity contribution < 1.29 is 24.2 Å². The number of rotatable bonds is 14. The highest BCUT2D eigenvalue weighted by atomic mass is 32.2. The van der Waals surface area contributed by atoms with E-state index in [9.17, 15) is 19.5 Å². The zero-order valence-corrected chi connectivity index (χ0v) is 25.0. The first kappa shape index (κ1) is 30.4. The minimum atomic E-state index is -0.694. The van der Waals surface area contributed by atoms with E-state index in [-0.39, 0.29) is 24.4 Å². The number of fused-ring (bicyclic) bond motifs is 1. The van der Waals surface area contributed by atoms with Crippen molar-refractivity contribution in [3.05, 3.63) is 54.6 Å². The molecule has 5 atom stereocenters. The number of anilines is 1. The Morgan fingerprint density at radius 3 is 2.52 bits per heavy atom. The molecule has 2 amide bonds. The van der Waals surface area contributed by atoms with Crippen LogP contribution in [-0.4, -0.2) is 69.6 Å². The molecule has 40 heavy (non-hydrogen) atoms. The molecule has 1 N–H and O–H groups in total. The van der Waals surface area contributed by atoms with Crippen molar-refractivity contribution in [3.63, 3.8) is 0 Å². The summed E-state index contributed by atoms with van der Waals surface area (Å²) in [5.74, 6) is -1.75. The number of allylic oxidation sites excluding steroid dienone is 1. The Hall–Kier alpha value is -2.58. The van der Waals surface area contributed by atoms with Gasteiger partial charge < -0.3 is 19.6 Å². The molecule has 2 bridgehead atoms. The maximum atomic E-state index is 14.7. The summed E-state index contributed by atoms with van der Waals surface area (Å²) in [5.41, 5.74) is 2.82. The Morgan fingerprint density at radius 1 is 1.15 bits per heavy atom. The molecule has 8 heteroatoms. The van der Waals surface area contributed by atoms with Crippen molar-refractivity contribution in [3.8, 4) is 0 Å². The molecule has 3 saturated heterocycles. The number of amides is 2. The number of nitrogens with zero attached hydrogens (tertiary/aromatic N) is 2. The summed E-state index contributed by atoms with van der Waals surface area (Å²) in [6.07, 6.45) is 8.51. The molecule has 1 spiro atoms. The van der Waals surface area contributed by atoms with Gasteiger partial charge in [0, 0.05) is 30.1 Å². The molecule has 1 aromatic rings. The Morgan fingerprint density at radius 2 is 1.88 bits per heavy atom. The summed E-state index contributed by atoms with van der Waals surface area (Å²) >= 11 is 1.67. The van der Waals surface area contributed by atoms with Crippen LogP contribution < -0.4 is 4.90 Å². The van der Waals surface area contributed by atoms with Crippen molar-refractivity contribution in [2.24, 2.45) is 11.8 Å². The summed E-state index contributed by atoms with van der Waals surface area (Å²) in [5, 5.41) is 9.29. The van der Waals surface area contributed by atoms with E-state index in [0.29, 0.717) is 45.4 Å². The van der Waals surface area contributed by atoms with Gasteiger partial charge in [0.25, 0.3) is 5.91 Å². The second-order valence-corrected chi connectivity index (χ2v) is 13.5. The molecule has 0 radical (unpaired) electrons. The molecule has 1 aromatic carbocycles. The normalized spacial score (nSPS) is 28.4. The van der Waals surface area contributed by atoms with Gasteiger partial charge in [-0.15, -0.1) is 24.9 Å². The lowest BCUT2D eigenvalue weighted by molar-refractivity contribution is -0.155. The lowest BCUT2D eigenvalue weighted by Crippen LogP contribution is -2.55. The van der Waals surface area contributed by atoms with E-state index in [1.165, 1.54) is 0 Å². The largest absolute Gasteiger partial charge is 0.465 e. The number of unbranched alkanes of at least 4 members (excludes halogenated alkanes) is 3. The minimum Gasteiger partial charge on any atom is -0.465 e. The molecule has 7 nitrogen and oxygen atoms in total. The third-order valence-corrected chi connectivity index (χ3v) is 10.9. The molecule has 0 aromatic heterocycles. The van der Waals surface area contributed by atoms with Crippen LogP contribution in [0.25, 0.3) is 0 Å². The van der Waals surface area contributed by atoms with Gasteiger partial charge in [-0.05, 0) is 76.8 Å². The van der Waals surface area contributed by atoms with Crippen LogP contribution in [0.15, 0.2) is 43.5 Å². The van der Waals surface area contributed by atoms with E-state index in [1.54, 1.807) is 33.7 Å².